The van der Waals surface area contributed by atoms with Crippen LogP contribution in [0.2, 0.25) is 0 Å². The lowest BCUT2D eigenvalue weighted by molar-refractivity contribution is -0.132. The van der Waals surface area contributed by atoms with Gasteiger partial charge in [0.25, 0.3) is 0 Å². The van der Waals surface area contributed by atoms with Crippen molar-refractivity contribution in [2.75, 3.05) is 26.2 Å². The molecule has 3 N–H and O–H groups in total. The molecule has 2 fully saturated rings. The van der Waals surface area contributed by atoms with Crippen molar-refractivity contribution in [2.45, 2.75) is 32.2 Å². The zero-order chi connectivity index (χ0) is 10.9. The highest BCUT2D eigenvalue weighted by molar-refractivity contribution is 5.73. The van der Waals surface area contributed by atoms with Crippen LogP contribution >= 0.6 is 0 Å². The van der Waals surface area contributed by atoms with E-state index in [0.29, 0.717) is 5.41 Å². The number of nitrogens with two attached hydrogens (primary N) is 1. The maximum absolute atomic E-state index is 11.3. The fourth-order valence-electron chi connectivity index (χ4n) is 2.90. The summed E-state index contributed by atoms with van der Waals surface area (Å²) >= 11 is 0. The molecule has 4 heteroatoms. The van der Waals surface area contributed by atoms with E-state index in [1.54, 1.807) is 6.92 Å². The number of likely N-dealkylation sites (tertiary alicyclic amines) is 1. The van der Waals surface area contributed by atoms with Crippen molar-refractivity contribution >= 4 is 5.91 Å². The summed E-state index contributed by atoms with van der Waals surface area (Å²) in [5.74, 6) is 0.161. The van der Waals surface area contributed by atoms with Gasteiger partial charge in [-0.15, -0.1) is 0 Å². The van der Waals surface area contributed by atoms with Crippen molar-refractivity contribution in [1.82, 2.24) is 10.2 Å². The monoisotopic (exact) mass is 211 g/mol. The molecule has 0 radical (unpaired) electrons. The molecule has 86 valence electrons. The summed E-state index contributed by atoms with van der Waals surface area (Å²) in [5, 5.41) is 3.37. The smallest absolute Gasteiger partial charge is 0.219 e. The van der Waals surface area contributed by atoms with Gasteiger partial charge >= 0.3 is 0 Å². The highest BCUT2D eigenvalue weighted by Crippen LogP contribution is 2.38. The van der Waals surface area contributed by atoms with E-state index < -0.39 is 0 Å². The fraction of sp³-hybridized carbons (Fsp3) is 0.909. The molecule has 4 nitrogen and oxygen atoms in total. The molecule has 15 heavy (non-hydrogen) atoms. The first-order valence-electron chi connectivity index (χ1n) is 5.86. The van der Waals surface area contributed by atoms with E-state index in [2.05, 4.69) is 5.32 Å². The van der Waals surface area contributed by atoms with Crippen LogP contribution in [0.1, 0.15) is 26.2 Å². The maximum atomic E-state index is 11.3. The lowest BCUT2D eigenvalue weighted by atomic mass is 9.68. The van der Waals surface area contributed by atoms with Crippen molar-refractivity contribution < 1.29 is 4.79 Å². The molecule has 2 heterocycles. The molecule has 0 saturated carbocycles. The molecule has 1 amide bonds. The van der Waals surface area contributed by atoms with Gasteiger partial charge < -0.3 is 16.0 Å². The van der Waals surface area contributed by atoms with Gasteiger partial charge in [-0.25, -0.2) is 0 Å². The Hall–Kier alpha value is -0.610. The molecule has 2 aliphatic heterocycles. The summed E-state index contributed by atoms with van der Waals surface area (Å²) < 4.78 is 0. The van der Waals surface area contributed by atoms with Crippen LogP contribution in [0.5, 0.6) is 0 Å². The van der Waals surface area contributed by atoms with Crippen LogP contribution in [0, 0.1) is 5.41 Å². The summed E-state index contributed by atoms with van der Waals surface area (Å²) in [6.07, 6.45) is 3.41. The van der Waals surface area contributed by atoms with Gasteiger partial charge in [-0.3, -0.25) is 4.79 Å². The molecule has 0 bridgehead atoms. The van der Waals surface area contributed by atoms with Crippen molar-refractivity contribution in [2.24, 2.45) is 11.1 Å². The topological polar surface area (TPSA) is 58.4 Å². The number of amides is 1. The minimum atomic E-state index is 0.161. The standard InChI is InChI=1S/C11H21N3O/c1-9(15)14-7-4-11(10(12)8-14)2-5-13-6-3-11/h10,13H,2-8,12H2,1H3. The van der Waals surface area contributed by atoms with Crippen LogP contribution in [0.25, 0.3) is 0 Å². The van der Waals surface area contributed by atoms with E-state index >= 15 is 0 Å². The molecular formula is C11H21N3O. The Kier molecular flexibility index (Phi) is 2.98. The Morgan fingerprint density at radius 1 is 1.40 bits per heavy atom. The number of carbonyl (C=O) groups excluding carboxylic acids is 1. The number of hydrogen-bond donors (Lipinski definition) is 2. The Morgan fingerprint density at radius 2 is 2.07 bits per heavy atom. The minimum Gasteiger partial charge on any atom is -0.341 e. The van der Waals surface area contributed by atoms with Crippen LogP contribution in [-0.2, 0) is 4.79 Å². The summed E-state index contributed by atoms with van der Waals surface area (Å²) in [6.45, 7) is 5.42. The van der Waals surface area contributed by atoms with Crippen molar-refractivity contribution in [1.29, 1.82) is 0 Å². The molecule has 0 aromatic carbocycles. The van der Waals surface area contributed by atoms with Crippen molar-refractivity contribution in [3.8, 4) is 0 Å². The first-order chi connectivity index (χ1) is 7.14. The second kappa shape index (κ2) is 4.10. The van der Waals surface area contributed by atoms with Gasteiger partial charge in [-0.2, -0.15) is 0 Å². The second-order valence-corrected chi connectivity index (χ2v) is 4.93. The first kappa shape index (κ1) is 10.9. The number of rotatable bonds is 0. The van der Waals surface area contributed by atoms with Crippen LogP contribution < -0.4 is 11.1 Å². The Labute approximate surface area is 91.2 Å². The van der Waals surface area contributed by atoms with E-state index in [1.165, 1.54) is 12.8 Å². The van der Waals surface area contributed by atoms with Gasteiger partial charge in [-0.1, -0.05) is 0 Å². The normalized spacial score (nSPS) is 30.5. The van der Waals surface area contributed by atoms with E-state index in [4.69, 9.17) is 5.73 Å². The third-order valence-corrected chi connectivity index (χ3v) is 4.13. The molecule has 2 aliphatic rings. The highest BCUT2D eigenvalue weighted by Gasteiger charge is 2.42. The predicted octanol–water partition coefficient (Wildman–Crippen LogP) is -0.0643. The third-order valence-electron chi connectivity index (χ3n) is 4.13. The molecule has 1 spiro atoms. The predicted molar refractivity (Wildman–Crippen MR) is 59.4 cm³/mol. The van der Waals surface area contributed by atoms with Crippen LogP contribution in [0.4, 0.5) is 0 Å². The van der Waals surface area contributed by atoms with Crippen LogP contribution in [-0.4, -0.2) is 43.0 Å². The van der Waals surface area contributed by atoms with Crippen molar-refractivity contribution in [3.05, 3.63) is 0 Å². The van der Waals surface area contributed by atoms with Gasteiger partial charge in [0.15, 0.2) is 0 Å². The SMILES string of the molecule is CC(=O)N1CCC2(CCNCC2)C(N)C1. The summed E-state index contributed by atoms with van der Waals surface area (Å²) in [6, 6.07) is 0.164. The first-order valence-corrected chi connectivity index (χ1v) is 5.86. The second-order valence-electron chi connectivity index (χ2n) is 4.93. The van der Waals surface area contributed by atoms with Crippen LogP contribution in [0.3, 0.4) is 0 Å². The maximum Gasteiger partial charge on any atom is 0.219 e. The molecule has 0 aromatic rings. The van der Waals surface area contributed by atoms with Crippen LogP contribution in [0.15, 0.2) is 0 Å². The Bertz CT molecular complexity index is 248. The van der Waals surface area contributed by atoms with Gasteiger partial charge in [0.2, 0.25) is 5.91 Å². The molecule has 1 unspecified atom stereocenters. The van der Waals surface area contributed by atoms with E-state index in [9.17, 15) is 4.79 Å². The quantitative estimate of drug-likeness (QED) is 0.590. The summed E-state index contributed by atoms with van der Waals surface area (Å²) in [7, 11) is 0. The Balaban J connectivity index is 2.02. The lowest BCUT2D eigenvalue weighted by Gasteiger charge is -2.48. The zero-order valence-corrected chi connectivity index (χ0v) is 9.46. The average molecular weight is 211 g/mol. The summed E-state index contributed by atoms with van der Waals surface area (Å²) in [5.41, 5.74) is 6.55. The highest BCUT2D eigenvalue weighted by atomic mass is 16.2. The minimum absolute atomic E-state index is 0.161. The molecule has 0 aliphatic carbocycles. The van der Waals surface area contributed by atoms with E-state index in [1.807, 2.05) is 4.90 Å². The van der Waals surface area contributed by atoms with E-state index in [-0.39, 0.29) is 11.9 Å². The number of hydrogen-bond acceptors (Lipinski definition) is 3. The number of piperidine rings is 2. The molecule has 0 aromatic heterocycles. The average Bonchev–Trinajstić information content (AvgIpc) is 2.23. The molecule has 2 saturated heterocycles. The largest absolute Gasteiger partial charge is 0.341 e. The molecule has 1 atom stereocenters. The number of nitrogens with zero attached hydrogens (tertiary/aromatic N) is 1. The summed E-state index contributed by atoms with van der Waals surface area (Å²) in [4.78, 5) is 13.2. The van der Waals surface area contributed by atoms with Gasteiger partial charge in [0.1, 0.15) is 0 Å². The van der Waals surface area contributed by atoms with E-state index in [0.717, 1.165) is 32.6 Å². The lowest BCUT2D eigenvalue weighted by Crippen LogP contribution is -2.59. The molecular weight excluding hydrogens is 190 g/mol. The van der Waals surface area contributed by atoms with Gasteiger partial charge in [0, 0.05) is 26.1 Å². The van der Waals surface area contributed by atoms with Crippen molar-refractivity contribution in [3.63, 3.8) is 0 Å². The molecule has 2 rings (SSSR count). The number of nitrogens with one attached hydrogen (secondary N) is 1. The van der Waals surface area contributed by atoms with Gasteiger partial charge in [0.05, 0.1) is 0 Å². The zero-order valence-electron chi connectivity index (χ0n) is 9.46. The third kappa shape index (κ3) is 2.01. The fourth-order valence-corrected chi connectivity index (χ4v) is 2.90. The number of carbonyl (C=O) groups is 1. The van der Waals surface area contributed by atoms with Gasteiger partial charge in [-0.05, 0) is 37.8 Å². The Morgan fingerprint density at radius 3 is 2.60 bits per heavy atom.